The van der Waals surface area contributed by atoms with Gasteiger partial charge < -0.3 is 39.7 Å². The number of aliphatic hydroxyl groups is 3. The molecule has 5 N–H and O–H groups in total. The third-order valence-electron chi connectivity index (χ3n) is 4.97. The Hall–Kier alpha value is -2.95. The molecule has 172 valence electrons. The summed E-state index contributed by atoms with van der Waals surface area (Å²) in [5.41, 5.74) is 1.56. The van der Waals surface area contributed by atoms with Crippen LogP contribution in [-0.2, 0) is 25.4 Å². The van der Waals surface area contributed by atoms with E-state index in [-0.39, 0.29) is 24.7 Å². The van der Waals surface area contributed by atoms with Gasteiger partial charge in [0.1, 0.15) is 42.5 Å². The van der Waals surface area contributed by atoms with Crippen molar-refractivity contribution in [3.63, 3.8) is 0 Å². The first-order valence-corrected chi connectivity index (χ1v) is 10.1. The van der Waals surface area contributed by atoms with Gasteiger partial charge in [0.05, 0.1) is 6.61 Å². The van der Waals surface area contributed by atoms with E-state index < -0.39 is 36.7 Å². The first kappa shape index (κ1) is 23.7. The van der Waals surface area contributed by atoms with Gasteiger partial charge >= 0.3 is 5.97 Å². The van der Waals surface area contributed by atoms with Crippen molar-refractivity contribution in [2.75, 3.05) is 13.2 Å². The topological polar surface area (TPSA) is 146 Å². The summed E-state index contributed by atoms with van der Waals surface area (Å²) in [7, 11) is 0. The molecule has 0 aliphatic carbocycles. The van der Waals surface area contributed by atoms with Gasteiger partial charge in [-0.05, 0) is 47.9 Å². The fourth-order valence-corrected chi connectivity index (χ4v) is 3.11. The fraction of sp³-hybridized carbons (Fsp3) is 0.348. The Morgan fingerprint density at radius 2 is 1.53 bits per heavy atom. The number of esters is 1. The number of ether oxygens (including phenoxy) is 3. The molecule has 1 heterocycles. The summed E-state index contributed by atoms with van der Waals surface area (Å²) in [6.45, 7) is -0.210. The van der Waals surface area contributed by atoms with Crippen molar-refractivity contribution in [2.24, 2.45) is 0 Å². The van der Waals surface area contributed by atoms with Gasteiger partial charge in [-0.15, -0.1) is 0 Å². The van der Waals surface area contributed by atoms with Crippen molar-refractivity contribution in [3.8, 4) is 11.5 Å². The minimum absolute atomic E-state index is 0.105. The number of hydrogen-bond acceptors (Lipinski definition) is 9. The molecule has 0 unspecified atom stereocenters. The average Bonchev–Trinajstić information content (AvgIpc) is 2.79. The summed E-state index contributed by atoms with van der Waals surface area (Å²) in [5.74, 6) is -0.443. The summed E-state index contributed by atoms with van der Waals surface area (Å²) < 4.78 is 16.1. The molecule has 1 saturated heterocycles. The highest BCUT2D eigenvalue weighted by atomic mass is 16.7. The number of phenolic OH excluding ortho intramolecular Hbond substituents is 2. The lowest BCUT2D eigenvalue weighted by Crippen LogP contribution is -2.59. The van der Waals surface area contributed by atoms with Gasteiger partial charge in [0.25, 0.3) is 0 Å². The quantitative estimate of drug-likeness (QED) is 0.292. The zero-order valence-electron chi connectivity index (χ0n) is 17.2. The molecule has 9 heteroatoms. The van der Waals surface area contributed by atoms with Crippen LogP contribution in [0, 0.1) is 0 Å². The second-order valence-electron chi connectivity index (χ2n) is 7.36. The molecule has 0 saturated carbocycles. The highest BCUT2D eigenvalue weighted by Crippen LogP contribution is 2.23. The Morgan fingerprint density at radius 1 is 0.906 bits per heavy atom. The van der Waals surface area contributed by atoms with Crippen molar-refractivity contribution < 1.29 is 44.5 Å². The Morgan fingerprint density at radius 3 is 2.19 bits per heavy atom. The van der Waals surface area contributed by atoms with Gasteiger partial charge in [-0.2, -0.15) is 0 Å². The van der Waals surface area contributed by atoms with E-state index in [2.05, 4.69) is 0 Å². The summed E-state index contributed by atoms with van der Waals surface area (Å²) in [5, 5.41) is 49.0. The molecule has 2 aromatic carbocycles. The summed E-state index contributed by atoms with van der Waals surface area (Å²) in [6, 6.07) is 12.7. The van der Waals surface area contributed by atoms with Crippen LogP contribution in [0.15, 0.2) is 54.6 Å². The number of carbonyl (C=O) groups excluding carboxylic acids is 1. The van der Waals surface area contributed by atoms with E-state index in [1.807, 2.05) is 0 Å². The standard InChI is InChI=1S/C23H26O9/c24-16-6-1-14(2-7-16)5-10-19(26)31-13-18-20(27)21(28)22(29)23(32-18)30-12-11-15-3-8-17(25)9-4-15/h1-10,18,20-25,27-29H,11-13H2/b10-5+/t18-,20-,21+,22-,23-/m0/s1. The molecule has 0 amide bonds. The predicted octanol–water partition coefficient (Wildman–Crippen LogP) is 0.721. The molecule has 0 radical (unpaired) electrons. The van der Waals surface area contributed by atoms with Crippen molar-refractivity contribution in [1.82, 2.24) is 0 Å². The number of hydrogen-bond donors (Lipinski definition) is 5. The molecule has 5 atom stereocenters. The van der Waals surface area contributed by atoms with Gasteiger partial charge in [-0.1, -0.05) is 24.3 Å². The molecule has 0 aromatic heterocycles. The molecule has 32 heavy (non-hydrogen) atoms. The molecule has 0 spiro atoms. The number of rotatable bonds is 8. The van der Waals surface area contributed by atoms with E-state index in [1.165, 1.54) is 24.3 Å². The number of benzene rings is 2. The van der Waals surface area contributed by atoms with Gasteiger partial charge in [0.15, 0.2) is 6.29 Å². The van der Waals surface area contributed by atoms with Crippen LogP contribution in [0.1, 0.15) is 11.1 Å². The largest absolute Gasteiger partial charge is 0.508 e. The van der Waals surface area contributed by atoms with Crippen LogP contribution in [0.5, 0.6) is 11.5 Å². The summed E-state index contributed by atoms with van der Waals surface area (Å²) in [6.07, 6.45) is -3.68. The normalized spacial score (nSPS) is 25.7. The number of phenols is 2. The van der Waals surface area contributed by atoms with Crippen molar-refractivity contribution >= 4 is 12.0 Å². The zero-order chi connectivity index (χ0) is 23.1. The lowest BCUT2D eigenvalue weighted by Gasteiger charge is -2.39. The average molecular weight is 446 g/mol. The van der Waals surface area contributed by atoms with E-state index in [0.29, 0.717) is 12.0 Å². The summed E-state index contributed by atoms with van der Waals surface area (Å²) >= 11 is 0. The van der Waals surface area contributed by atoms with Crippen LogP contribution in [0.4, 0.5) is 0 Å². The molecular weight excluding hydrogens is 420 g/mol. The third-order valence-corrected chi connectivity index (χ3v) is 4.97. The molecule has 1 aliphatic heterocycles. The van der Waals surface area contributed by atoms with E-state index >= 15 is 0 Å². The molecule has 3 rings (SSSR count). The van der Waals surface area contributed by atoms with Gasteiger partial charge in [0.2, 0.25) is 0 Å². The van der Waals surface area contributed by atoms with E-state index in [4.69, 9.17) is 14.2 Å². The fourth-order valence-electron chi connectivity index (χ4n) is 3.11. The first-order valence-electron chi connectivity index (χ1n) is 10.1. The van der Waals surface area contributed by atoms with Crippen molar-refractivity contribution in [3.05, 3.63) is 65.7 Å². The first-order chi connectivity index (χ1) is 15.3. The number of carbonyl (C=O) groups is 1. The third kappa shape index (κ3) is 6.52. The van der Waals surface area contributed by atoms with Crippen LogP contribution in [0.25, 0.3) is 6.08 Å². The zero-order valence-corrected chi connectivity index (χ0v) is 17.2. The number of aliphatic hydroxyl groups excluding tert-OH is 3. The monoisotopic (exact) mass is 446 g/mol. The lowest BCUT2D eigenvalue weighted by molar-refractivity contribution is -0.301. The van der Waals surface area contributed by atoms with Crippen molar-refractivity contribution in [1.29, 1.82) is 0 Å². The van der Waals surface area contributed by atoms with E-state index in [1.54, 1.807) is 36.4 Å². The van der Waals surface area contributed by atoms with Crippen LogP contribution < -0.4 is 0 Å². The second-order valence-corrected chi connectivity index (χ2v) is 7.36. The Labute approximate surface area is 184 Å². The second kappa shape index (κ2) is 11.1. The Balaban J connectivity index is 1.49. The minimum atomic E-state index is -1.54. The van der Waals surface area contributed by atoms with Crippen LogP contribution in [0.2, 0.25) is 0 Å². The maximum atomic E-state index is 12.0. The van der Waals surface area contributed by atoms with Crippen LogP contribution in [0.3, 0.4) is 0 Å². The molecule has 1 aliphatic rings. The van der Waals surface area contributed by atoms with Crippen LogP contribution >= 0.6 is 0 Å². The van der Waals surface area contributed by atoms with E-state index in [9.17, 15) is 30.3 Å². The summed E-state index contributed by atoms with van der Waals surface area (Å²) in [4.78, 5) is 12.0. The maximum Gasteiger partial charge on any atom is 0.330 e. The van der Waals surface area contributed by atoms with E-state index in [0.717, 1.165) is 5.56 Å². The molecular formula is C23H26O9. The molecule has 2 aromatic rings. The van der Waals surface area contributed by atoms with Crippen LogP contribution in [-0.4, -0.2) is 75.4 Å². The minimum Gasteiger partial charge on any atom is -0.508 e. The van der Waals surface area contributed by atoms with Gasteiger partial charge in [0, 0.05) is 6.08 Å². The molecule has 1 fully saturated rings. The van der Waals surface area contributed by atoms with Gasteiger partial charge in [-0.3, -0.25) is 0 Å². The van der Waals surface area contributed by atoms with Gasteiger partial charge in [-0.25, -0.2) is 4.79 Å². The van der Waals surface area contributed by atoms with Crippen molar-refractivity contribution in [2.45, 2.75) is 37.1 Å². The predicted molar refractivity (Wildman–Crippen MR) is 113 cm³/mol. The Bertz CT molecular complexity index is 895. The lowest BCUT2D eigenvalue weighted by atomic mass is 9.99. The smallest absolute Gasteiger partial charge is 0.330 e. The maximum absolute atomic E-state index is 12.0. The Kier molecular flexibility index (Phi) is 8.20. The molecule has 0 bridgehead atoms. The SMILES string of the molecule is O=C(/C=C/c1ccc(O)cc1)OC[C@@H]1O[C@H](OCCc2ccc(O)cc2)[C@@H](O)[C@H](O)[C@H]1O. The highest BCUT2D eigenvalue weighted by molar-refractivity contribution is 5.87. The highest BCUT2D eigenvalue weighted by Gasteiger charge is 2.44. The number of aromatic hydroxyl groups is 2. The molecule has 9 nitrogen and oxygen atoms in total.